The first-order valence-corrected chi connectivity index (χ1v) is 6.57. The zero-order chi connectivity index (χ0) is 13.6. The Hall–Kier alpha value is -2.32. The Morgan fingerprint density at radius 2 is 1.79 bits per heavy atom. The SMILES string of the molecule is N#CC(C#N)(C=Cc1ccccc1)C1=CCCCC1. The van der Waals surface area contributed by atoms with E-state index in [2.05, 4.69) is 18.2 Å². The summed E-state index contributed by atoms with van der Waals surface area (Å²) in [4.78, 5) is 0. The minimum atomic E-state index is -1.10. The molecular formula is C17H16N2. The Kier molecular flexibility index (Phi) is 4.16. The topological polar surface area (TPSA) is 47.6 Å². The zero-order valence-corrected chi connectivity index (χ0v) is 10.8. The van der Waals surface area contributed by atoms with Gasteiger partial charge in [-0.25, -0.2) is 0 Å². The molecule has 2 nitrogen and oxygen atoms in total. The number of benzene rings is 1. The minimum Gasteiger partial charge on any atom is -0.196 e. The Labute approximate surface area is 114 Å². The van der Waals surface area contributed by atoms with Crippen molar-refractivity contribution in [2.75, 3.05) is 0 Å². The van der Waals surface area contributed by atoms with Gasteiger partial charge in [-0.05, 0) is 42.9 Å². The van der Waals surface area contributed by atoms with Crippen LogP contribution in [0.2, 0.25) is 0 Å². The molecule has 19 heavy (non-hydrogen) atoms. The van der Waals surface area contributed by atoms with Crippen molar-refractivity contribution < 1.29 is 0 Å². The van der Waals surface area contributed by atoms with Gasteiger partial charge in [0.15, 0.2) is 5.41 Å². The van der Waals surface area contributed by atoms with Gasteiger partial charge >= 0.3 is 0 Å². The molecule has 2 heteroatoms. The molecule has 0 amide bonds. The molecule has 0 atom stereocenters. The van der Waals surface area contributed by atoms with Gasteiger partial charge in [-0.2, -0.15) is 10.5 Å². The highest BCUT2D eigenvalue weighted by atomic mass is 14.4. The van der Waals surface area contributed by atoms with Gasteiger partial charge in [0.2, 0.25) is 0 Å². The summed E-state index contributed by atoms with van der Waals surface area (Å²) in [5.41, 5.74) is 0.862. The summed E-state index contributed by atoms with van der Waals surface area (Å²) in [5, 5.41) is 18.9. The van der Waals surface area contributed by atoms with Crippen LogP contribution in [-0.2, 0) is 0 Å². The normalized spacial score (nSPS) is 15.6. The fourth-order valence-electron chi connectivity index (χ4n) is 2.33. The van der Waals surface area contributed by atoms with Crippen LogP contribution in [0, 0.1) is 28.1 Å². The maximum atomic E-state index is 9.44. The van der Waals surface area contributed by atoms with Crippen molar-refractivity contribution in [3.63, 3.8) is 0 Å². The molecule has 1 aromatic rings. The van der Waals surface area contributed by atoms with Gasteiger partial charge in [-0.3, -0.25) is 0 Å². The van der Waals surface area contributed by atoms with Crippen LogP contribution in [-0.4, -0.2) is 0 Å². The minimum absolute atomic E-state index is 0.847. The van der Waals surface area contributed by atoms with Crippen molar-refractivity contribution in [3.05, 3.63) is 53.6 Å². The monoisotopic (exact) mass is 248 g/mol. The zero-order valence-electron chi connectivity index (χ0n) is 10.8. The summed E-state index contributed by atoms with van der Waals surface area (Å²) in [6.07, 6.45) is 9.70. The first kappa shape index (κ1) is 13.1. The van der Waals surface area contributed by atoms with E-state index < -0.39 is 5.41 Å². The van der Waals surface area contributed by atoms with Crippen molar-refractivity contribution in [2.45, 2.75) is 25.7 Å². The van der Waals surface area contributed by atoms with Crippen LogP contribution >= 0.6 is 0 Å². The van der Waals surface area contributed by atoms with Gasteiger partial charge in [-0.1, -0.05) is 42.5 Å². The second-order valence-electron chi connectivity index (χ2n) is 4.75. The van der Waals surface area contributed by atoms with E-state index in [0.717, 1.165) is 36.8 Å². The standard InChI is InChI=1S/C17H16N2/c18-13-17(14-19,16-9-5-2-6-10-16)12-11-15-7-3-1-4-8-15/h1,3-4,7-9,11-12H,2,5-6,10H2. The quantitative estimate of drug-likeness (QED) is 0.751. The van der Waals surface area contributed by atoms with E-state index in [1.807, 2.05) is 36.4 Å². The molecule has 1 aromatic carbocycles. The molecule has 1 aliphatic carbocycles. The van der Waals surface area contributed by atoms with Crippen LogP contribution in [0.5, 0.6) is 0 Å². The number of hydrogen-bond donors (Lipinski definition) is 0. The maximum absolute atomic E-state index is 9.44. The smallest absolute Gasteiger partial charge is 0.183 e. The summed E-state index contributed by atoms with van der Waals surface area (Å²) in [7, 11) is 0. The molecule has 0 radical (unpaired) electrons. The van der Waals surface area contributed by atoms with Crippen molar-refractivity contribution in [1.82, 2.24) is 0 Å². The number of hydrogen-bond acceptors (Lipinski definition) is 2. The lowest BCUT2D eigenvalue weighted by Crippen LogP contribution is -2.18. The van der Waals surface area contributed by atoms with Crippen LogP contribution in [0.4, 0.5) is 0 Å². The van der Waals surface area contributed by atoms with Crippen LogP contribution in [0.15, 0.2) is 48.1 Å². The average Bonchev–Trinajstić information content (AvgIpc) is 2.51. The Morgan fingerprint density at radius 3 is 2.37 bits per heavy atom. The molecule has 1 aliphatic rings. The van der Waals surface area contributed by atoms with Crippen LogP contribution < -0.4 is 0 Å². The number of rotatable bonds is 3. The molecule has 0 saturated carbocycles. The summed E-state index contributed by atoms with van der Waals surface area (Å²) in [6, 6.07) is 14.1. The average molecular weight is 248 g/mol. The van der Waals surface area contributed by atoms with E-state index in [9.17, 15) is 10.5 Å². The molecule has 0 spiro atoms. The summed E-state index contributed by atoms with van der Waals surface area (Å²) < 4.78 is 0. The molecule has 94 valence electrons. The van der Waals surface area contributed by atoms with Gasteiger partial charge < -0.3 is 0 Å². The first-order chi connectivity index (χ1) is 9.30. The van der Waals surface area contributed by atoms with E-state index in [-0.39, 0.29) is 0 Å². The maximum Gasteiger partial charge on any atom is 0.183 e. The third-order valence-corrected chi connectivity index (χ3v) is 3.48. The third-order valence-electron chi connectivity index (χ3n) is 3.48. The molecule has 2 rings (SSSR count). The highest BCUT2D eigenvalue weighted by Crippen LogP contribution is 2.35. The second-order valence-corrected chi connectivity index (χ2v) is 4.75. The van der Waals surface area contributed by atoms with E-state index >= 15 is 0 Å². The van der Waals surface area contributed by atoms with E-state index in [1.54, 1.807) is 6.08 Å². The lowest BCUT2D eigenvalue weighted by atomic mass is 9.77. The van der Waals surface area contributed by atoms with Gasteiger partial charge in [-0.15, -0.1) is 0 Å². The second kappa shape index (κ2) is 6.03. The lowest BCUT2D eigenvalue weighted by molar-refractivity contribution is 0.625. The molecule has 0 saturated heterocycles. The van der Waals surface area contributed by atoms with Crippen molar-refractivity contribution in [2.24, 2.45) is 5.41 Å². The van der Waals surface area contributed by atoms with E-state index in [0.29, 0.717) is 0 Å². The lowest BCUT2D eigenvalue weighted by Gasteiger charge is -2.21. The molecule has 0 fully saturated rings. The van der Waals surface area contributed by atoms with Gasteiger partial charge in [0, 0.05) is 0 Å². The predicted molar refractivity (Wildman–Crippen MR) is 75.7 cm³/mol. The molecule has 0 heterocycles. The molecule has 0 N–H and O–H groups in total. The largest absolute Gasteiger partial charge is 0.196 e. The van der Waals surface area contributed by atoms with Crippen molar-refractivity contribution in [3.8, 4) is 12.1 Å². The Bertz CT molecular complexity index is 554. The Morgan fingerprint density at radius 1 is 1.05 bits per heavy atom. The fourth-order valence-corrected chi connectivity index (χ4v) is 2.33. The number of allylic oxidation sites excluding steroid dienone is 3. The first-order valence-electron chi connectivity index (χ1n) is 6.57. The fraction of sp³-hybridized carbons (Fsp3) is 0.294. The molecule has 0 unspecified atom stereocenters. The van der Waals surface area contributed by atoms with Crippen LogP contribution in [0.3, 0.4) is 0 Å². The van der Waals surface area contributed by atoms with Crippen LogP contribution in [0.25, 0.3) is 6.08 Å². The summed E-state index contributed by atoms with van der Waals surface area (Å²) >= 11 is 0. The summed E-state index contributed by atoms with van der Waals surface area (Å²) in [6.45, 7) is 0. The molecule has 0 aliphatic heterocycles. The van der Waals surface area contributed by atoms with Crippen molar-refractivity contribution in [1.29, 1.82) is 10.5 Å². The number of nitriles is 2. The van der Waals surface area contributed by atoms with Gasteiger partial charge in [0.25, 0.3) is 0 Å². The van der Waals surface area contributed by atoms with E-state index in [4.69, 9.17) is 0 Å². The molecule has 0 bridgehead atoms. The van der Waals surface area contributed by atoms with Gasteiger partial charge in [0.05, 0.1) is 12.1 Å². The highest BCUT2D eigenvalue weighted by molar-refractivity contribution is 5.55. The molecule has 0 aromatic heterocycles. The van der Waals surface area contributed by atoms with Crippen LogP contribution in [0.1, 0.15) is 31.2 Å². The summed E-state index contributed by atoms with van der Waals surface area (Å²) in [5.74, 6) is 0. The van der Waals surface area contributed by atoms with Gasteiger partial charge in [0.1, 0.15) is 0 Å². The highest BCUT2D eigenvalue weighted by Gasteiger charge is 2.32. The molecular weight excluding hydrogens is 232 g/mol. The predicted octanol–water partition coefficient (Wildman–Crippen LogP) is 4.23. The number of nitrogens with zero attached hydrogens (tertiary/aromatic N) is 2. The Balaban J connectivity index is 2.31. The van der Waals surface area contributed by atoms with Crippen molar-refractivity contribution >= 4 is 6.08 Å². The third kappa shape index (κ3) is 2.92. The van der Waals surface area contributed by atoms with E-state index in [1.165, 1.54) is 0 Å².